The van der Waals surface area contributed by atoms with Crippen molar-refractivity contribution in [2.45, 2.75) is 38.7 Å². The molecule has 0 spiro atoms. The Morgan fingerprint density at radius 1 is 1.55 bits per heavy atom. The van der Waals surface area contributed by atoms with Gasteiger partial charge in [0.2, 0.25) is 5.91 Å². The Hall–Kier alpha value is -0.610. The Labute approximate surface area is 66.7 Å². The van der Waals surface area contributed by atoms with Crippen LogP contribution in [0.15, 0.2) is 0 Å². The maximum atomic E-state index is 10.7. The topological polar surface area (TPSA) is 75.3 Å². The summed E-state index contributed by atoms with van der Waals surface area (Å²) in [6.07, 6.45) is 1.21. The van der Waals surface area contributed by atoms with Crippen molar-refractivity contribution in [1.82, 2.24) is 5.43 Å². The lowest BCUT2D eigenvalue weighted by Crippen LogP contribution is -2.38. The van der Waals surface area contributed by atoms with Crippen molar-refractivity contribution in [3.8, 4) is 0 Å². The van der Waals surface area contributed by atoms with Gasteiger partial charge < -0.3 is 5.11 Å². The second-order valence-electron chi connectivity index (χ2n) is 2.68. The van der Waals surface area contributed by atoms with Crippen LogP contribution in [-0.4, -0.2) is 16.6 Å². The van der Waals surface area contributed by atoms with Crippen molar-refractivity contribution in [3.63, 3.8) is 0 Å². The minimum absolute atomic E-state index is 0.0799. The van der Waals surface area contributed by atoms with Gasteiger partial charge in [-0.05, 0) is 12.8 Å². The van der Waals surface area contributed by atoms with Crippen LogP contribution < -0.4 is 11.3 Å². The van der Waals surface area contributed by atoms with Gasteiger partial charge in [0.05, 0.1) is 12.0 Å². The molecule has 4 nitrogen and oxygen atoms in total. The van der Waals surface area contributed by atoms with E-state index >= 15 is 0 Å². The number of carbonyl (C=O) groups excluding carboxylic acids is 1. The standard InChI is InChI=1S/C7H16N2O2/c1-3-7(11,4-2)5-6(10)9-8/h11H,3-5,8H2,1-2H3,(H,9,10). The first kappa shape index (κ1) is 10.4. The first-order valence-electron chi connectivity index (χ1n) is 3.79. The number of nitrogens with two attached hydrogens (primary N) is 1. The SMILES string of the molecule is CCC(O)(CC)CC(=O)NN. The van der Waals surface area contributed by atoms with Crippen molar-refractivity contribution >= 4 is 5.91 Å². The van der Waals surface area contributed by atoms with Crippen LogP contribution in [0.25, 0.3) is 0 Å². The summed E-state index contributed by atoms with van der Waals surface area (Å²) in [4.78, 5) is 10.7. The minimum atomic E-state index is -0.885. The molecule has 66 valence electrons. The molecule has 4 N–H and O–H groups in total. The molecule has 1 amide bonds. The molecule has 0 fully saturated rings. The molecule has 0 bridgehead atoms. The molecule has 0 aliphatic rings. The van der Waals surface area contributed by atoms with Gasteiger partial charge in [0.15, 0.2) is 0 Å². The average molecular weight is 160 g/mol. The smallest absolute Gasteiger partial charge is 0.236 e. The van der Waals surface area contributed by atoms with E-state index in [1.165, 1.54) is 0 Å². The Kier molecular flexibility index (Phi) is 4.07. The van der Waals surface area contributed by atoms with Gasteiger partial charge in [-0.2, -0.15) is 0 Å². The summed E-state index contributed by atoms with van der Waals surface area (Å²) in [6.45, 7) is 3.68. The monoisotopic (exact) mass is 160 g/mol. The lowest BCUT2D eigenvalue weighted by molar-refractivity contribution is -0.126. The normalized spacial score (nSPS) is 11.3. The van der Waals surface area contributed by atoms with E-state index in [0.717, 1.165) is 0 Å². The van der Waals surface area contributed by atoms with Crippen LogP contribution in [0.2, 0.25) is 0 Å². The summed E-state index contributed by atoms with van der Waals surface area (Å²) in [6, 6.07) is 0. The van der Waals surface area contributed by atoms with Gasteiger partial charge in [-0.15, -0.1) is 0 Å². The first-order chi connectivity index (χ1) is 5.08. The van der Waals surface area contributed by atoms with Crippen LogP contribution in [0, 0.1) is 0 Å². The van der Waals surface area contributed by atoms with Crippen molar-refractivity contribution in [2.24, 2.45) is 5.84 Å². The molecule has 0 aliphatic carbocycles. The van der Waals surface area contributed by atoms with Crippen molar-refractivity contribution in [3.05, 3.63) is 0 Å². The number of hydrazine groups is 1. The molecular formula is C7H16N2O2. The van der Waals surface area contributed by atoms with E-state index in [4.69, 9.17) is 5.84 Å². The van der Waals surface area contributed by atoms with Gasteiger partial charge in [0, 0.05) is 0 Å². The second kappa shape index (κ2) is 4.31. The van der Waals surface area contributed by atoms with E-state index in [1.807, 2.05) is 19.3 Å². The van der Waals surface area contributed by atoms with Crippen LogP contribution in [-0.2, 0) is 4.79 Å². The summed E-state index contributed by atoms with van der Waals surface area (Å²) >= 11 is 0. The predicted molar refractivity (Wildman–Crippen MR) is 42.5 cm³/mol. The molecule has 0 saturated carbocycles. The van der Waals surface area contributed by atoms with Crippen LogP contribution in [0.3, 0.4) is 0 Å². The van der Waals surface area contributed by atoms with Crippen molar-refractivity contribution < 1.29 is 9.90 Å². The average Bonchev–Trinajstić information content (AvgIpc) is 2.04. The van der Waals surface area contributed by atoms with Gasteiger partial charge in [0.1, 0.15) is 0 Å². The third-order valence-corrected chi connectivity index (χ3v) is 1.97. The number of carbonyl (C=O) groups is 1. The van der Waals surface area contributed by atoms with Crippen LogP contribution in [0.5, 0.6) is 0 Å². The summed E-state index contributed by atoms with van der Waals surface area (Å²) in [5.41, 5.74) is 1.10. The molecule has 0 aromatic heterocycles. The molecule has 0 aliphatic heterocycles. The third kappa shape index (κ3) is 3.34. The zero-order valence-corrected chi connectivity index (χ0v) is 7.05. The van der Waals surface area contributed by atoms with Crippen LogP contribution in [0.4, 0.5) is 0 Å². The summed E-state index contributed by atoms with van der Waals surface area (Å²) < 4.78 is 0. The summed E-state index contributed by atoms with van der Waals surface area (Å²) in [7, 11) is 0. The molecule has 0 saturated heterocycles. The highest BCUT2D eigenvalue weighted by Gasteiger charge is 2.25. The van der Waals surface area contributed by atoms with E-state index < -0.39 is 5.60 Å². The van der Waals surface area contributed by atoms with E-state index in [1.54, 1.807) is 0 Å². The van der Waals surface area contributed by atoms with Crippen LogP contribution in [0.1, 0.15) is 33.1 Å². The molecule has 0 radical (unpaired) electrons. The first-order valence-corrected chi connectivity index (χ1v) is 3.79. The number of amides is 1. The van der Waals surface area contributed by atoms with E-state index in [9.17, 15) is 9.90 Å². The largest absolute Gasteiger partial charge is 0.389 e. The number of aliphatic hydroxyl groups is 1. The number of nitrogens with one attached hydrogen (secondary N) is 1. The Balaban J connectivity index is 3.96. The highest BCUT2D eigenvalue weighted by atomic mass is 16.3. The highest BCUT2D eigenvalue weighted by Crippen LogP contribution is 2.18. The fourth-order valence-corrected chi connectivity index (χ4v) is 0.850. The summed E-state index contributed by atoms with van der Waals surface area (Å²) in [5, 5.41) is 9.61. The van der Waals surface area contributed by atoms with Gasteiger partial charge in [-0.1, -0.05) is 13.8 Å². The number of rotatable bonds is 4. The van der Waals surface area contributed by atoms with Crippen LogP contribution >= 0.6 is 0 Å². The molecule has 11 heavy (non-hydrogen) atoms. The highest BCUT2D eigenvalue weighted by molar-refractivity contribution is 5.76. The zero-order valence-electron chi connectivity index (χ0n) is 7.05. The van der Waals surface area contributed by atoms with Crippen molar-refractivity contribution in [1.29, 1.82) is 0 Å². The Morgan fingerprint density at radius 3 is 2.27 bits per heavy atom. The molecule has 0 unspecified atom stereocenters. The van der Waals surface area contributed by atoms with E-state index in [2.05, 4.69) is 0 Å². The molecule has 0 heterocycles. The molecule has 0 aromatic carbocycles. The molecular weight excluding hydrogens is 144 g/mol. The second-order valence-corrected chi connectivity index (χ2v) is 2.68. The number of hydrogen-bond acceptors (Lipinski definition) is 3. The number of hydrogen-bond donors (Lipinski definition) is 3. The minimum Gasteiger partial charge on any atom is -0.389 e. The maximum Gasteiger partial charge on any atom is 0.236 e. The molecule has 0 atom stereocenters. The van der Waals surface area contributed by atoms with Gasteiger partial charge in [-0.3, -0.25) is 10.2 Å². The maximum absolute atomic E-state index is 10.7. The lowest BCUT2D eigenvalue weighted by Gasteiger charge is -2.23. The fourth-order valence-electron chi connectivity index (χ4n) is 0.850. The molecule has 0 rings (SSSR count). The van der Waals surface area contributed by atoms with Gasteiger partial charge >= 0.3 is 0 Å². The third-order valence-electron chi connectivity index (χ3n) is 1.97. The fraction of sp³-hybridized carbons (Fsp3) is 0.857. The zero-order chi connectivity index (χ0) is 8.91. The van der Waals surface area contributed by atoms with Gasteiger partial charge in [-0.25, -0.2) is 5.84 Å². The Morgan fingerprint density at radius 2 is 2.00 bits per heavy atom. The predicted octanol–water partition coefficient (Wildman–Crippen LogP) is -0.0825. The quantitative estimate of drug-likeness (QED) is 0.306. The van der Waals surface area contributed by atoms with Crippen molar-refractivity contribution in [2.75, 3.05) is 0 Å². The van der Waals surface area contributed by atoms with E-state index in [0.29, 0.717) is 12.8 Å². The van der Waals surface area contributed by atoms with E-state index in [-0.39, 0.29) is 12.3 Å². The Bertz CT molecular complexity index is 132. The molecule has 0 aromatic rings. The lowest BCUT2D eigenvalue weighted by atomic mass is 9.93. The van der Waals surface area contributed by atoms with Gasteiger partial charge in [0.25, 0.3) is 0 Å². The molecule has 4 heteroatoms. The summed E-state index contributed by atoms with van der Waals surface area (Å²) in [5.74, 6) is 4.56.